The van der Waals surface area contributed by atoms with Crippen molar-refractivity contribution in [3.63, 3.8) is 0 Å². The van der Waals surface area contributed by atoms with Crippen LogP contribution in [-0.2, 0) is 12.8 Å². The smallest absolute Gasteiger partial charge is 0.127 e. The highest BCUT2D eigenvalue weighted by atomic mass is 35.5. The Balaban J connectivity index is 2.09. The molecule has 0 aromatic heterocycles. The van der Waals surface area contributed by atoms with Crippen LogP contribution in [0.1, 0.15) is 11.1 Å². The molecule has 0 radical (unpaired) electrons. The fourth-order valence-corrected chi connectivity index (χ4v) is 2.69. The molecule has 0 heterocycles. The second-order valence-electron chi connectivity index (χ2n) is 5.02. The summed E-state index contributed by atoms with van der Waals surface area (Å²) >= 11 is 11.8. The third-order valence-electron chi connectivity index (χ3n) is 3.40. The van der Waals surface area contributed by atoms with E-state index in [1.54, 1.807) is 19.2 Å². The zero-order valence-corrected chi connectivity index (χ0v) is 13.3. The molecule has 0 aliphatic heterocycles. The van der Waals surface area contributed by atoms with Crippen molar-refractivity contribution >= 4 is 23.2 Å². The highest BCUT2D eigenvalue weighted by Crippen LogP contribution is 2.22. The minimum atomic E-state index is -0.275. The van der Waals surface area contributed by atoms with E-state index in [4.69, 9.17) is 27.9 Å². The molecule has 0 fully saturated rings. The number of hydrogen-bond acceptors (Lipinski definition) is 1. The monoisotopic (exact) mass is 326 g/mol. The van der Waals surface area contributed by atoms with E-state index >= 15 is 0 Å². The van der Waals surface area contributed by atoms with E-state index in [9.17, 15) is 4.39 Å². The number of ether oxygens (including phenoxy) is 1. The van der Waals surface area contributed by atoms with Crippen molar-refractivity contribution < 1.29 is 9.13 Å². The SMILES string of the molecule is COc1cccc(CC(CCl)Cc2ccc(Cl)cc2F)c1. The van der Waals surface area contributed by atoms with Crippen LogP contribution in [0.25, 0.3) is 0 Å². The Labute approximate surface area is 134 Å². The van der Waals surface area contributed by atoms with Gasteiger partial charge in [-0.15, -0.1) is 11.6 Å². The van der Waals surface area contributed by atoms with E-state index in [0.717, 1.165) is 17.7 Å². The standard InChI is InChI=1S/C17H17Cl2FO/c1-21-16-4-2-3-12(9-16)7-13(11-18)8-14-5-6-15(19)10-17(14)20/h2-6,9-10,13H,7-8,11H2,1H3. The maximum atomic E-state index is 13.9. The zero-order valence-electron chi connectivity index (χ0n) is 11.8. The first-order chi connectivity index (χ1) is 10.1. The normalized spacial score (nSPS) is 12.2. The average Bonchev–Trinajstić information content (AvgIpc) is 2.49. The summed E-state index contributed by atoms with van der Waals surface area (Å²) in [5.41, 5.74) is 1.78. The summed E-state index contributed by atoms with van der Waals surface area (Å²) in [6.45, 7) is 0. The van der Waals surface area contributed by atoms with Crippen LogP contribution in [-0.4, -0.2) is 13.0 Å². The van der Waals surface area contributed by atoms with Gasteiger partial charge in [0.15, 0.2) is 0 Å². The fraction of sp³-hybridized carbons (Fsp3) is 0.294. The van der Waals surface area contributed by atoms with Gasteiger partial charge in [-0.25, -0.2) is 4.39 Å². The van der Waals surface area contributed by atoms with E-state index in [1.807, 2.05) is 24.3 Å². The first-order valence-electron chi connectivity index (χ1n) is 6.75. The molecule has 0 saturated carbocycles. The van der Waals surface area contributed by atoms with E-state index in [1.165, 1.54) is 6.07 Å². The van der Waals surface area contributed by atoms with Gasteiger partial charge in [0, 0.05) is 10.9 Å². The number of alkyl halides is 1. The van der Waals surface area contributed by atoms with Crippen LogP contribution in [0.4, 0.5) is 4.39 Å². The van der Waals surface area contributed by atoms with Gasteiger partial charge in [-0.3, -0.25) is 0 Å². The molecule has 2 aromatic carbocycles. The summed E-state index contributed by atoms with van der Waals surface area (Å²) in [6.07, 6.45) is 1.37. The van der Waals surface area contributed by atoms with Gasteiger partial charge < -0.3 is 4.74 Å². The molecule has 112 valence electrons. The molecule has 4 heteroatoms. The molecule has 0 amide bonds. The van der Waals surface area contributed by atoms with Crippen LogP contribution in [0, 0.1) is 11.7 Å². The summed E-state index contributed by atoms with van der Waals surface area (Å²) < 4.78 is 19.1. The molecule has 2 rings (SSSR count). The van der Waals surface area contributed by atoms with Crippen LogP contribution in [0.5, 0.6) is 5.75 Å². The minimum Gasteiger partial charge on any atom is -0.497 e. The molecule has 21 heavy (non-hydrogen) atoms. The predicted octanol–water partition coefficient (Wildman–Crippen LogP) is 5.13. The number of benzene rings is 2. The molecule has 0 aliphatic rings. The molecular weight excluding hydrogens is 310 g/mol. The lowest BCUT2D eigenvalue weighted by Crippen LogP contribution is -2.11. The molecule has 0 saturated heterocycles. The Bertz CT molecular complexity index is 601. The summed E-state index contributed by atoms with van der Waals surface area (Å²) in [6, 6.07) is 12.6. The highest BCUT2D eigenvalue weighted by molar-refractivity contribution is 6.30. The van der Waals surface area contributed by atoms with E-state index < -0.39 is 0 Å². The van der Waals surface area contributed by atoms with Gasteiger partial charge in [0.25, 0.3) is 0 Å². The van der Waals surface area contributed by atoms with E-state index in [-0.39, 0.29) is 11.7 Å². The fourth-order valence-electron chi connectivity index (χ4n) is 2.31. The molecule has 2 aromatic rings. The first kappa shape index (κ1) is 16.1. The molecule has 1 nitrogen and oxygen atoms in total. The third kappa shape index (κ3) is 4.62. The predicted molar refractivity (Wildman–Crippen MR) is 86.0 cm³/mol. The van der Waals surface area contributed by atoms with Gasteiger partial charge >= 0.3 is 0 Å². The van der Waals surface area contributed by atoms with Crippen molar-refractivity contribution in [2.75, 3.05) is 13.0 Å². The zero-order chi connectivity index (χ0) is 15.2. The second-order valence-corrected chi connectivity index (χ2v) is 5.76. The molecule has 0 bridgehead atoms. The van der Waals surface area contributed by atoms with Crippen molar-refractivity contribution in [3.8, 4) is 5.75 Å². The van der Waals surface area contributed by atoms with Crippen molar-refractivity contribution in [1.82, 2.24) is 0 Å². The number of hydrogen-bond donors (Lipinski definition) is 0. The van der Waals surface area contributed by atoms with Crippen molar-refractivity contribution in [3.05, 3.63) is 64.4 Å². The lowest BCUT2D eigenvalue weighted by atomic mass is 9.94. The lowest BCUT2D eigenvalue weighted by molar-refractivity contribution is 0.413. The first-order valence-corrected chi connectivity index (χ1v) is 7.66. The number of methoxy groups -OCH3 is 1. The maximum absolute atomic E-state index is 13.9. The highest BCUT2D eigenvalue weighted by Gasteiger charge is 2.13. The van der Waals surface area contributed by atoms with Gasteiger partial charge in [0.2, 0.25) is 0 Å². The van der Waals surface area contributed by atoms with Gasteiger partial charge in [0.05, 0.1) is 7.11 Å². The van der Waals surface area contributed by atoms with E-state index in [2.05, 4.69) is 0 Å². The van der Waals surface area contributed by atoms with Gasteiger partial charge in [-0.05, 0) is 54.2 Å². The summed E-state index contributed by atoms with van der Waals surface area (Å²) in [5.74, 6) is 1.18. The Hall–Kier alpha value is -1.25. The minimum absolute atomic E-state index is 0.162. The lowest BCUT2D eigenvalue weighted by Gasteiger charge is -2.15. The molecule has 0 spiro atoms. The van der Waals surface area contributed by atoms with E-state index in [0.29, 0.717) is 22.9 Å². The Kier molecular flexibility index (Phi) is 5.89. The summed E-state index contributed by atoms with van der Waals surface area (Å²) in [5, 5.41) is 0.409. The molecule has 1 unspecified atom stereocenters. The van der Waals surface area contributed by atoms with Crippen LogP contribution >= 0.6 is 23.2 Å². The third-order valence-corrected chi connectivity index (χ3v) is 4.07. The van der Waals surface area contributed by atoms with Crippen LogP contribution in [0.15, 0.2) is 42.5 Å². The summed E-state index contributed by atoms with van der Waals surface area (Å²) in [4.78, 5) is 0. The molecular formula is C17H17Cl2FO. The van der Waals surface area contributed by atoms with Crippen LogP contribution < -0.4 is 4.74 Å². The Morgan fingerprint density at radius 2 is 1.95 bits per heavy atom. The van der Waals surface area contributed by atoms with Crippen LogP contribution in [0.3, 0.4) is 0 Å². The summed E-state index contributed by atoms with van der Waals surface area (Å²) in [7, 11) is 1.64. The van der Waals surface area contributed by atoms with Crippen molar-refractivity contribution in [2.24, 2.45) is 5.92 Å². The topological polar surface area (TPSA) is 9.23 Å². The van der Waals surface area contributed by atoms with Gasteiger partial charge in [-0.2, -0.15) is 0 Å². The average molecular weight is 327 g/mol. The Morgan fingerprint density at radius 3 is 2.62 bits per heavy atom. The largest absolute Gasteiger partial charge is 0.497 e. The number of rotatable bonds is 6. The molecule has 0 N–H and O–H groups in total. The van der Waals surface area contributed by atoms with Gasteiger partial charge in [-0.1, -0.05) is 29.8 Å². The van der Waals surface area contributed by atoms with Crippen LogP contribution in [0.2, 0.25) is 5.02 Å². The molecule has 0 aliphatic carbocycles. The van der Waals surface area contributed by atoms with Crippen molar-refractivity contribution in [2.45, 2.75) is 12.8 Å². The quantitative estimate of drug-likeness (QED) is 0.669. The maximum Gasteiger partial charge on any atom is 0.127 e. The number of halogens is 3. The second kappa shape index (κ2) is 7.67. The van der Waals surface area contributed by atoms with Crippen molar-refractivity contribution in [1.29, 1.82) is 0 Å². The molecule has 1 atom stereocenters. The Morgan fingerprint density at radius 1 is 1.14 bits per heavy atom. The van der Waals surface area contributed by atoms with Gasteiger partial charge in [0.1, 0.15) is 11.6 Å².